The Morgan fingerprint density at radius 2 is 1.96 bits per heavy atom. The van der Waals surface area contributed by atoms with Crippen LogP contribution in [0, 0.1) is 6.92 Å². The predicted molar refractivity (Wildman–Crippen MR) is 105 cm³/mol. The summed E-state index contributed by atoms with van der Waals surface area (Å²) >= 11 is 0. The number of carbonyl (C=O) groups is 1. The second kappa shape index (κ2) is 9.45. The number of anilines is 2. The average molecular weight is 370 g/mol. The van der Waals surface area contributed by atoms with Gasteiger partial charge < -0.3 is 20.5 Å². The normalized spacial score (nSPS) is 15.9. The van der Waals surface area contributed by atoms with Crippen molar-refractivity contribution in [3.8, 4) is 0 Å². The molecule has 3 N–H and O–H groups in total. The number of nitrogens with zero attached hydrogens (tertiary/aromatic N) is 2. The fraction of sp³-hybridized carbons (Fsp3) is 0.400. The van der Waals surface area contributed by atoms with Crippen LogP contribution in [0.3, 0.4) is 0 Å². The number of aromatic nitrogens is 1. The maximum atomic E-state index is 12.3. The van der Waals surface area contributed by atoms with E-state index in [1.165, 1.54) is 6.20 Å². The zero-order valence-corrected chi connectivity index (χ0v) is 15.5. The highest BCUT2D eigenvalue weighted by atomic mass is 16.5. The van der Waals surface area contributed by atoms with E-state index < -0.39 is 6.10 Å². The lowest BCUT2D eigenvalue weighted by Gasteiger charge is -2.28. The van der Waals surface area contributed by atoms with Crippen LogP contribution in [0.4, 0.5) is 11.5 Å². The molecule has 1 amide bonds. The fourth-order valence-corrected chi connectivity index (χ4v) is 2.84. The zero-order valence-electron chi connectivity index (χ0n) is 15.5. The summed E-state index contributed by atoms with van der Waals surface area (Å²) in [6, 6.07) is 11.1. The highest BCUT2D eigenvalue weighted by molar-refractivity contribution is 6.04. The summed E-state index contributed by atoms with van der Waals surface area (Å²) in [5.74, 6) is 0.424. The van der Waals surface area contributed by atoms with Crippen LogP contribution in [-0.2, 0) is 4.74 Å². The van der Waals surface area contributed by atoms with E-state index in [0.717, 1.165) is 24.3 Å². The number of nitrogens with one attached hydrogen (secondary N) is 2. The smallest absolute Gasteiger partial charge is 0.257 e. The third-order valence-electron chi connectivity index (χ3n) is 4.43. The zero-order chi connectivity index (χ0) is 19.1. The number of benzene rings is 1. The summed E-state index contributed by atoms with van der Waals surface area (Å²) in [6.07, 6.45) is 1.04. The van der Waals surface area contributed by atoms with E-state index >= 15 is 0 Å². The van der Waals surface area contributed by atoms with E-state index in [2.05, 4.69) is 20.5 Å². The van der Waals surface area contributed by atoms with Gasteiger partial charge in [0.1, 0.15) is 5.82 Å². The van der Waals surface area contributed by atoms with E-state index in [-0.39, 0.29) is 5.91 Å². The summed E-state index contributed by atoms with van der Waals surface area (Å²) < 4.78 is 5.30. The molecule has 0 aliphatic carbocycles. The van der Waals surface area contributed by atoms with E-state index in [4.69, 9.17) is 4.74 Å². The minimum Gasteiger partial charge on any atom is -0.390 e. The number of aliphatic hydroxyl groups is 1. The molecular formula is C20H26N4O3. The Morgan fingerprint density at radius 1 is 1.22 bits per heavy atom. The topological polar surface area (TPSA) is 86.7 Å². The molecular weight excluding hydrogens is 344 g/mol. The van der Waals surface area contributed by atoms with E-state index in [0.29, 0.717) is 37.7 Å². The lowest BCUT2D eigenvalue weighted by Crippen LogP contribution is -2.42. The van der Waals surface area contributed by atoms with Gasteiger partial charge in [-0.2, -0.15) is 0 Å². The molecule has 0 saturated carbocycles. The van der Waals surface area contributed by atoms with Gasteiger partial charge in [-0.3, -0.25) is 9.69 Å². The van der Waals surface area contributed by atoms with Crippen molar-refractivity contribution in [3.05, 3.63) is 53.7 Å². The third-order valence-corrected chi connectivity index (χ3v) is 4.43. The molecule has 1 aliphatic heterocycles. The maximum absolute atomic E-state index is 12.3. The fourth-order valence-electron chi connectivity index (χ4n) is 2.84. The minimum atomic E-state index is -0.491. The van der Waals surface area contributed by atoms with Crippen LogP contribution in [0.25, 0.3) is 0 Å². The number of hydrogen-bond acceptors (Lipinski definition) is 6. The summed E-state index contributed by atoms with van der Waals surface area (Å²) in [6.45, 7) is 6.13. The van der Waals surface area contributed by atoms with Crippen molar-refractivity contribution in [2.75, 3.05) is 50.0 Å². The summed E-state index contributed by atoms with van der Waals surface area (Å²) in [4.78, 5) is 18.7. The number of morpholine rings is 1. The van der Waals surface area contributed by atoms with Crippen molar-refractivity contribution in [3.63, 3.8) is 0 Å². The van der Waals surface area contributed by atoms with Crippen LogP contribution in [0.5, 0.6) is 0 Å². The second-order valence-corrected chi connectivity index (χ2v) is 6.70. The molecule has 0 radical (unpaired) electrons. The molecule has 0 spiro atoms. The van der Waals surface area contributed by atoms with E-state index in [1.807, 2.05) is 31.2 Å². The number of aryl methyl sites for hydroxylation is 1. The van der Waals surface area contributed by atoms with Crippen molar-refractivity contribution in [2.45, 2.75) is 13.0 Å². The van der Waals surface area contributed by atoms with Crippen LogP contribution in [-0.4, -0.2) is 66.4 Å². The molecule has 3 rings (SSSR count). The molecule has 1 aliphatic rings. The molecule has 2 aromatic rings. The highest BCUT2D eigenvalue weighted by Gasteiger charge is 2.15. The van der Waals surface area contributed by atoms with Crippen molar-refractivity contribution < 1.29 is 14.6 Å². The van der Waals surface area contributed by atoms with Gasteiger partial charge in [0.25, 0.3) is 5.91 Å². The van der Waals surface area contributed by atoms with Gasteiger partial charge in [-0.15, -0.1) is 0 Å². The number of aliphatic hydroxyl groups excluding tert-OH is 1. The first-order valence-corrected chi connectivity index (χ1v) is 9.16. The van der Waals surface area contributed by atoms with E-state index in [9.17, 15) is 9.90 Å². The first kappa shape index (κ1) is 19.3. The second-order valence-electron chi connectivity index (χ2n) is 6.70. The Kier molecular flexibility index (Phi) is 6.75. The van der Waals surface area contributed by atoms with Crippen LogP contribution in [0.15, 0.2) is 42.6 Å². The predicted octanol–water partition coefficient (Wildman–Crippen LogP) is 1.75. The molecule has 7 nitrogen and oxygen atoms in total. The standard InChI is InChI=1S/C20H26N4O3/c1-15-2-5-17(6-3-15)23-20(26)16-4-7-19(21-12-16)22-13-18(25)14-24-8-10-27-11-9-24/h2-7,12,18,25H,8-11,13-14H2,1H3,(H,21,22)(H,23,26). The van der Waals surface area contributed by atoms with Crippen LogP contribution in [0.2, 0.25) is 0 Å². The van der Waals surface area contributed by atoms with Gasteiger partial charge in [-0.1, -0.05) is 17.7 Å². The number of pyridine rings is 1. The Hall–Kier alpha value is -2.48. The molecule has 1 unspecified atom stereocenters. The molecule has 1 saturated heterocycles. The first-order chi connectivity index (χ1) is 13.1. The molecule has 1 fully saturated rings. The molecule has 0 bridgehead atoms. The quantitative estimate of drug-likeness (QED) is 0.688. The molecule has 1 aromatic carbocycles. The van der Waals surface area contributed by atoms with Crippen LogP contribution in [0.1, 0.15) is 15.9 Å². The van der Waals surface area contributed by atoms with Crippen molar-refractivity contribution in [1.29, 1.82) is 0 Å². The lowest BCUT2D eigenvalue weighted by molar-refractivity contribution is 0.0171. The lowest BCUT2D eigenvalue weighted by atomic mass is 10.2. The number of amides is 1. The molecule has 27 heavy (non-hydrogen) atoms. The monoisotopic (exact) mass is 370 g/mol. The Labute approximate surface area is 159 Å². The minimum absolute atomic E-state index is 0.203. The van der Waals surface area contributed by atoms with Crippen molar-refractivity contribution >= 4 is 17.4 Å². The first-order valence-electron chi connectivity index (χ1n) is 9.16. The third kappa shape index (κ3) is 6.02. The van der Waals surface area contributed by atoms with Gasteiger partial charge in [0, 0.05) is 38.1 Å². The molecule has 1 aromatic heterocycles. The Balaban J connectivity index is 1.46. The number of β-amino-alcohol motifs (C(OH)–C–C–N with tert-alkyl or cyclic N) is 1. The Bertz CT molecular complexity index is 728. The van der Waals surface area contributed by atoms with Crippen molar-refractivity contribution in [2.24, 2.45) is 0 Å². The summed E-state index contributed by atoms with van der Waals surface area (Å²) in [5.41, 5.74) is 2.37. The van der Waals surface area contributed by atoms with E-state index in [1.54, 1.807) is 12.1 Å². The molecule has 1 atom stereocenters. The number of hydrogen-bond donors (Lipinski definition) is 3. The van der Waals surface area contributed by atoms with Gasteiger partial charge in [0.15, 0.2) is 0 Å². The summed E-state index contributed by atoms with van der Waals surface area (Å²) in [7, 11) is 0. The maximum Gasteiger partial charge on any atom is 0.257 e. The van der Waals surface area contributed by atoms with Gasteiger partial charge in [-0.05, 0) is 31.2 Å². The molecule has 7 heteroatoms. The highest BCUT2D eigenvalue weighted by Crippen LogP contribution is 2.12. The van der Waals surface area contributed by atoms with Crippen LogP contribution >= 0.6 is 0 Å². The summed E-state index contributed by atoms with van der Waals surface area (Å²) in [5, 5.41) is 16.1. The number of carbonyl (C=O) groups excluding carboxylic acids is 1. The van der Waals surface area contributed by atoms with Crippen molar-refractivity contribution in [1.82, 2.24) is 9.88 Å². The number of ether oxygens (including phenoxy) is 1. The largest absolute Gasteiger partial charge is 0.390 e. The SMILES string of the molecule is Cc1ccc(NC(=O)c2ccc(NCC(O)CN3CCOCC3)nc2)cc1. The number of rotatable bonds is 7. The molecule has 144 valence electrons. The Morgan fingerprint density at radius 3 is 2.63 bits per heavy atom. The van der Waals surface area contributed by atoms with Gasteiger partial charge in [0.2, 0.25) is 0 Å². The van der Waals surface area contributed by atoms with Gasteiger partial charge in [-0.25, -0.2) is 4.98 Å². The average Bonchev–Trinajstić information content (AvgIpc) is 2.69. The van der Waals surface area contributed by atoms with Crippen LogP contribution < -0.4 is 10.6 Å². The van der Waals surface area contributed by atoms with Gasteiger partial charge >= 0.3 is 0 Å². The molecule has 2 heterocycles. The van der Waals surface area contributed by atoms with Gasteiger partial charge in [0.05, 0.1) is 24.9 Å².